The molecule has 6 nitrogen and oxygen atoms in total. The highest BCUT2D eigenvalue weighted by molar-refractivity contribution is 7.92. The van der Waals surface area contributed by atoms with Gasteiger partial charge in [-0.25, -0.2) is 8.42 Å². The van der Waals surface area contributed by atoms with Crippen LogP contribution < -0.4 is 5.32 Å². The van der Waals surface area contributed by atoms with Crippen LogP contribution in [0.5, 0.6) is 0 Å². The van der Waals surface area contributed by atoms with Crippen molar-refractivity contribution >= 4 is 22.0 Å². The average Bonchev–Trinajstić information content (AvgIpc) is 2.74. The van der Waals surface area contributed by atoms with Crippen molar-refractivity contribution in [2.75, 3.05) is 13.1 Å². The van der Waals surface area contributed by atoms with Gasteiger partial charge in [0.15, 0.2) is 0 Å². The zero-order valence-corrected chi connectivity index (χ0v) is 16.7. The molecule has 2 heterocycles. The lowest BCUT2D eigenvalue weighted by Crippen LogP contribution is -2.42. The second-order valence-corrected chi connectivity index (χ2v) is 8.74. The van der Waals surface area contributed by atoms with E-state index >= 15 is 0 Å². The lowest BCUT2D eigenvalue weighted by atomic mass is 9.97. The highest BCUT2D eigenvalue weighted by Gasteiger charge is 2.30. The molecule has 7 heteroatoms. The van der Waals surface area contributed by atoms with Crippen LogP contribution in [0.2, 0.25) is 0 Å². The number of hydrogen-bond acceptors (Lipinski definition) is 4. The number of aromatic nitrogens is 1. The van der Waals surface area contributed by atoms with Crippen LogP contribution >= 0.6 is 0 Å². The van der Waals surface area contributed by atoms with E-state index in [9.17, 15) is 13.2 Å². The minimum atomic E-state index is -3.49. The molecule has 1 saturated heterocycles. The van der Waals surface area contributed by atoms with Crippen LogP contribution in [0.1, 0.15) is 37.1 Å². The molecule has 0 bridgehead atoms. The van der Waals surface area contributed by atoms with Gasteiger partial charge in [-0.1, -0.05) is 36.4 Å². The zero-order valence-electron chi connectivity index (χ0n) is 15.9. The molecule has 1 fully saturated rings. The normalized spacial score (nSPS) is 17.5. The second kappa shape index (κ2) is 9.12. The Bertz CT molecular complexity index is 906. The molecule has 0 spiro atoms. The van der Waals surface area contributed by atoms with E-state index in [1.165, 1.54) is 9.71 Å². The largest absolute Gasteiger partial charge is 0.348 e. The van der Waals surface area contributed by atoms with Gasteiger partial charge in [0.1, 0.15) is 0 Å². The number of carbonyl (C=O) groups is 1. The molecule has 1 N–H and O–H groups in total. The molecular formula is C21H25N3O3S. The first-order valence-corrected chi connectivity index (χ1v) is 10.9. The third kappa shape index (κ3) is 5.27. The van der Waals surface area contributed by atoms with Gasteiger partial charge >= 0.3 is 0 Å². The summed E-state index contributed by atoms with van der Waals surface area (Å²) in [5.74, 6) is -0.231. The molecule has 1 unspecified atom stereocenters. The van der Waals surface area contributed by atoms with Crippen molar-refractivity contribution < 1.29 is 13.2 Å². The van der Waals surface area contributed by atoms with Gasteiger partial charge in [-0.3, -0.25) is 9.78 Å². The molecule has 0 saturated carbocycles. The molecular weight excluding hydrogens is 374 g/mol. The molecule has 0 aliphatic carbocycles. The summed E-state index contributed by atoms with van der Waals surface area (Å²) < 4.78 is 26.5. The van der Waals surface area contributed by atoms with Crippen molar-refractivity contribution in [2.24, 2.45) is 5.92 Å². The van der Waals surface area contributed by atoms with E-state index in [1.807, 2.05) is 55.5 Å². The Morgan fingerprint density at radius 2 is 1.82 bits per heavy atom. The van der Waals surface area contributed by atoms with E-state index in [2.05, 4.69) is 10.3 Å². The average molecular weight is 400 g/mol. The zero-order chi connectivity index (χ0) is 20.0. The highest BCUT2D eigenvalue weighted by atomic mass is 32.2. The fourth-order valence-corrected chi connectivity index (χ4v) is 4.45. The maximum atomic E-state index is 12.5. The number of nitrogens with one attached hydrogen (secondary N) is 1. The van der Waals surface area contributed by atoms with Gasteiger partial charge < -0.3 is 5.32 Å². The topological polar surface area (TPSA) is 79.4 Å². The van der Waals surface area contributed by atoms with Gasteiger partial charge in [0.25, 0.3) is 0 Å². The Morgan fingerprint density at radius 3 is 2.46 bits per heavy atom. The third-order valence-electron chi connectivity index (χ3n) is 4.91. The molecule has 2 aromatic rings. The van der Waals surface area contributed by atoms with Crippen LogP contribution in [0.3, 0.4) is 0 Å². The van der Waals surface area contributed by atoms with Gasteiger partial charge in [0.2, 0.25) is 15.9 Å². The van der Waals surface area contributed by atoms with Gasteiger partial charge in [-0.05, 0) is 43.5 Å². The molecule has 1 amide bonds. The smallest absolute Gasteiger partial charge is 0.236 e. The van der Waals surface area contributed by atoms with Gasteiger partial charge in [0.05, 0.1) is 11.7 Å². The number of sulfonamides is 1. The fourth-order valence-electron chi connectivity index (χ4n) is 3.22. The maximum Gasteiger partial charge on any atom is 0.236 e. The monoisotopic (exact) mass is 399 g/mol. The number of carbonyl (C=O) groups excluding carboxylic acids is 1. The first-order chi connectivity index (χ1) is 13.5. The molecule has 0 radical (unpaired) electrons. The molecule has 1 aliphatic rings. The van der Waals surface area contributed by atoms with Gasteiger partial charge in [-0.15, -0.1) is 0 Å². The lowest BCUT2D eigenvalue weighted by Gasteiger charge is -2.30. The standard InChI is InChI=1S/C21H25N3O3S/c1-17(20-9-5-6-13-22-20)23-21(25)19-10-14-24(15-11-19)28(26,27)16-12-18-7-3-2-4-8-18/h2-9,12-13,16-17,19H,10-11,14-15H2,1H3,(H,23,25)/b16-12+. The van der Waals surface area contributed by atoms with Crippen LogP contribution in [-0.2, 0) is 14.8 Å². The summed E-state index contributed by atoms with van der Waals surface area (Å²) in [5, 5.41) is 4.22. The summed E-state index contributed by atoms with van der Waals surface area (Å²) in [6.45, 7) is 2.59. The molecule has 1 aliphatic heterocycles. The summed E-state index contributed by atoms with van der Waals surface area (Å²) in [4.78, 5) is 16.8. The van der Waals surface area contributed by atoms with E-state index in [1.54, 1.807) is 12.3 Å². The SMILES string of the molecule is CC(NC(=O)C1CCN(S(=O)(=O)/C=C/c2ccccc2)CC1)c1ccccn1. The molecule has 148 valence electrons. The molecule has 1 aromatic carbocycles. The fraction of sp³-hybridized carbons (Fsp3) is 0.333. The summed E-state index contributed by atoms with van der Waals surface area (Å²) in [7, 11) is -3.49. The minimum Gasteiger partial charge on any atom is -0.348 e. The minimum absolute atomic E-state index is 0.0463. The van der Waals surface area contributed by atoms with Crippen molar-refractivity contribution in [1.82, 2.24) is 14.6 Å². The van der Waals surface area contributed by atoms with Crippen molar-refractivity contribution in [1.29, 1.82) is 0 Å². The van der Waals surface area contributed by atoms with E-state index in [-0.39, 0.29) is 17.9 Å². The summed E-state index contributed by atoms with van der Waals surface area (Å²) in [6, 6.07) is 14.7. The van der Waals surface area contributed by atoms with E-state index in [0.29, 0.717) is 25.9 Å². The van der Waals surface area contributed by atoms with Crippen molar-refractivity contribution in [3.8, 4) is 0 Å². The third-order valence-corrected chi connectivity index (χ3v) is 6.47. The number of pyridine rings is 1. The summed E-state index contributed by atoms with van der Waals surface area (Å²) >= 11 is 0. The predicted molar refractivity (Wildman–Crippen MR) is 109 cm³/mol. The number of benzene rings is 1. The Kier molecular flexibility index (Phi) is 6.59. The van der Waals surface area contributed by atoms with Crippen LogP contribution in [0.25, 0.3) is 6.08 Å². The number of amides is 1. The first kappa shape index (κ1) is 20.2. The van der Waals surface area contributed by atoms with Crippen molar-refractivity contribution in [3.05, 3.63) is 71.4 Å². The first-order valence-electron chi connectivity index (χ1n) is 9.40. The Hall–Kier alpha value is -2.51. The van der Waals surface area contributed by atoms with E-state index in [0.717, 1.165) is 11.3 Å². The predicted octanol–water partition coefficient (Wildman–Crippen LogP) is 2.97. The van der Waals surface area contributed by atoms with Crippen LogP contribution in [0.4, 0.5) is 0 Å². The number of piperidine rings is 1. The highest BCUT2D eigenvalue weighted by Crippen LogP contribution is 2.22. The maximum absolute atomic E-state index is 12.5. The van der Waals surface area contributed by atoms with Gasteiger partial charge in [-0.2, -0.15) is 4.31 Å². The lowest BCUT2D eigenvalue weighted by molar-refractivity contribution is -0.126. The Morgan fingerprint density at radius 1 is 1.14 bits per heavy atom. The van der Waals surface area contributed by atoms with E-state index < -0.39 is 10.0 Å². The van der Waals surface area contributed by atoms with Crippen LogP contribution in [-0.4, -0.2) is 36.7 Å². The van der Waals surface area contributed by atoms with Crippen molar-refractivity contribution in [2.45, 2.75) is 25.8 Å². The van der Waals surface area contributed by atoms with E-state index in [4.69, 9.17) is 0 Å². The quantitative estimate of drug-likeness (QED) is 0.810. The molecule has 3 rings (SSSR count). The molecule has 28 heavy (non-hydrogen) atoms. The summed E-state index contributed by atoms with van der Waals surface area (Å²) in [5.41, 5.74) is 1.64. The van der Waals surface area contributed by atoms with Crippen molar-refractivity contribution in [3.63, 3.8) is 0 Å². The van der Waals surface area contributed by atoms with Gasteiger partial charge in [0, 0.05) is 30.6 Å². The Balaban J connectivity index is 1.53. The molecule has 1 atom stereocenters. The molecule has 1 aromatic heterocycles. The Labute approximate surface area is 166 Å². The number of rotatable bonds is 6. The summed E-state index contributed by atoms with van der Waals surface area (Å²) in [6.07, 6.45) is 4.32. The second-order valence-electron chi connectivity index (χ2n) is 6.92. The number of hydrogen-bond donors (Lipinski definition) is 1. The number of nitrogens with zero attached hydrogens (tertiary/aromatic N) is 2. The van der Waals surface area contributed by atoms with Crippen LogP contribution in [0, 0.1) is 5.92 Å². The van der Waals surface area contributed by atoms with Crippen LogP contribution in [0.15, 0.2) is 60.1 Å².